The van der Waals surface area contributed by atoms with Crippen molar-refractivity contribution in [3.05, 3.63) is 86.6 Å². The number of thiazole rings is 1. The average molecular weight is 521 g/mol. The Kier molecular flexibility index (Phi) is 8.28. The van der Waals surface area contributed by atoms with Crippen LogP contribution in [0.4, 0.5) is 0 Å². The predicted molar refractivity (Wildman–Crippen MR) is 143 cm³/mol. The molecule has 3 aromatic rings. The number of ketones is 1. The van der Waals surface area contributed by atoms with Crippen molar-refractivity contribution >= 4 is 23.0 Å². The molecule has 1 aliphatic rings. The molecule has 8 heteroatoms. The van der Waals surface area contributed by atoms with Crippen LogP contribution in [-0.2, 0) is 11.3 Å². The first-order valence-corrected chi connectivity index (χ1v) is 13.3. The molecule has 0 aliphatic carbocycles. The van der Waals surface area contributed by atoms with Crippen molar-refractivity contribution in [1.29, 1.82) is 0 Å². The number of unbranched alkanes of at least 4 members (excludes halogenated alkanes) is 1. The fourth-order valence-electron chi connectivity index (χ4n) is 4.45. The van der Waals surface area contributed by atoms with Gasteiger partial charge < -0.3 is 19.5 Å². The molecule has 0 saturated carbocycles. The Morgan fingerprint density at radius 3 is 2.49 bits per heavy atom. The minimum Gasteiger partial charge on any atom is -0.503 e. The van der Waals surface area contributed by atoms with Gasteiger partial charge in [0, 0.05) is 6.54 Å². The van der Waals surface area contributed by atoms with E-state index in [0.717, 1.165) is 23.4 Å². The second-order valence-electron chi connectivity index (χ2n) is 8.90. The molecule has 2 aromatic carbocycles. The van der Waals surface area contributed by atoms with Crippen molar-refractivity contribution in [2.24, 2.45) is 0 Å². The fraction of sp³-hybridized carbons (Fsp3) is 0.345. The Bertz CT molecular complexity index is 1320. The summed E-state index contributed by atoms with van der Waals surface area (Å²) in [4.78, 5) is 33.5. The van der Waals surface area contributed by atoms with Gasteiger partial charge >= 0.3 is 0 Å². The van der Waals surface area contributed by atoms with Crippen molar-refractivity contribution in [1.82, 2.24) is 9.88 Å². The summed E-state index contributed by atoms with van der Waals surface area (Å²) in [5, 5.41) is 11.8. The largest absolute Gasteiger partial charge is 0.503 e. The van der Waals surface area contributed by atoms with Crippen LogP contribution in [0.3, 0.4) is 0 Å². The van der Waals surface area contributed by atoms with Crippen LogP contribution < -0.4 is 9.47 Å². The Labute approximate surface area is 221 Å². The molecule has 1 atom stereocenters. The number of aliphatic hydroxyl groups is 1. The van der Waals surface area contributed by atoms with Gasteiger partial charge in [-0.05, 0) is 50.5 Å². The van der Waals surface area contributed by atoms with E-state index in [1.54, 1.807) is 19.1 Å². The van der Waals surface area contributed by atoms with Crippen molar-refractivity contribution < 1.29 is 24.2 Å². The van der Waals surface area contributed by atoms with Gasteiger partial charge in [-0.2, -0.15) is 0 Å². The summed E-state index contributed by atoms with van der Waals surface area (Å²) in [5.41, 5.74) is 2.17. The van der Waals surface area contributed by atoms with Crippen molar-refractivity contribution in [2.75, 3.05) is 13.2 Å². The first-order chi connectivity index (χ1) is 17.8. The van der Waals surface area contributed by atoms with E-state index in [2.05, 4.69) is 11.9 Å². The number of carbonyl (C=O) groups is 2. The van der Waals surface area contributed by atoms with E-state index in [-0.39, 0.29) is 12.1 Å². The lowest BCUT2D eigenvalue weighted by atomic mass is 9.94. The molecule has 0 saturated heterocycles. The zero-order valence-electron chi connectivity index (χ0n) is 21.6. The SMILES string of the molecule is CCCCOc1ccc(C2C(C(=O)c3sc(C)nc3C)=C(O)C(=O)N2Cc2ccccc2)cc1OCC. The van der Waals surface area contributed by atoms with Gasteiger partial charge in [0.05, 0.1) is 40.4 Å². The van der Waals surface area contributed by atoms with Crippen LogP contribution in [0.5, 0.6) is 11.5 Å². The van der Waals surface area contributed by atoms with E-state index in [1.165, 1.54) is 16.2 Å². The molecular weight excluding hydrogens is 488 g/mol. The number of benzene rings is 2. The van der Waals surface area contributed by atoms with E-state index in [4.69, 9.17) is 9.47 Å². The van der Waals surface area contributed by atoms with Crippen LogP contribution in [0.15, 0.2) is 59.9 Å². The summed E-state index contributed by atoms with van der Waals surface area (Å²) in [6.07, 6.45) is 1.92. The van der Waals surface area contributed by atoms with Gasteiger partial charge in [0.2, 0.25) is 5.78 Å². The van der Waals surface area contributed by atoms with E-state index in [9.17, 15) is 14.7 Å². The van der Waals surface area contributed by atoms with E-state index in [0.29, 0.717) is 40.8 Å². The van der Waals surface area contributed by atoms with Crippen LogP contribution in [0, 0.1) is 13.8 Å². The monoisotopic (exact) mass is 520 g/mol. The molecule has 0 fully saturated rings. The molecule has 1 unspecified atom stereocenters. The highest BCUT2D eigenvalue weighted by molar-refractivity contribution is 7.14. The Hall–Kier alpha value is -3.65. The molecule has 1 N–H and O–H groups in total. The number of rotatable bonds is 11. The Morgan fingerprint density at radius 1 is 1.08 bits per heavy atom. The highest BCUT2D eigenvalue weighted by Crippen LogP contribution is 2.43. The van der Waals surface area contributed by atoms with Crippen molar-refractivity contribution in [3.8, 4) is 11.5 Å². The molecule has 0 spiro atoms. The summed E-state index contributed by atoms with van der Waals surface area (Å²) >= 11 is 1.26. The third-order valence-corrected chi connectivity index (χ3v) is 7.26. The van der Waals surface area contributed by atoms with Crippen LogP contribution >= 0.6 is 11.3 Å². The maximum absolute atomic E-state index is 13.8. The number of aryl methyl sites for hydroxylation is 2. The van der Waals surface area contributed by atoms with Crippen molar-refractivity contribution in [2.45, 2.75) is 53.1 Å². The molecule has 4 rings (SSSR count). The number of ether oxygens (including phenoxy) is 2. The minimum absolute atomic E-state index is 0.0507. The first-order valence-electron chi connectivity index (χ1n) is 12.5. The topological polar surface area (TPSA) is 89.0 Å². The number of aliphatic hydroxyl groups excluding tert-OH is 1. The number of aromatic nitrogens is 1. The summed E-state index contributed by atoms with van der Waals surface area (Å²) in [5.74, 6) is -0.370. The van der Waals surface area contributed by atoms with Gasteiger partial charge in [-0.25, -0.2) is 4.98 Å². The van der Waals surface area contributed by atoms with Gasteiger partial charge in [0.25, 0.3) is 5.91 Å². The van der Waals surface area contributed by atoms with Gasteiger partial charge in [-0.15, -0.1) is 11.3 Å². The number of amides is 1. The number of hydrogen-bond donors (Lipinski definition) is 1. The molecule has 1 aromatic heterocycles. The molecule has 1 amide bonds. The minimum atomic E-state index is -0.800. The Morgan fingerprint density at radius 2 is 1.84 bits per heavy atom. The predicted octanol–water partition coefficient (Wildman–Crippen LogP) is 6.12. The highest BCUT2D eigenvalue weighted by atomic mass is 32.1. The van der Waals surface area contributed by atoms with Gasteiger partial charge in [-0.1, -0.05) is 49.7 Å². The summed E-state index contributed by atoms with van der Waals surface area (Å²) < 4.78 is 11.8. The highest BCUT2D eigenvalue weighted by Gasteiger charge is 2.44. The maximum atomic E-state index is 13.8. The molecule has 0 radical (unpaired) electrons. The van der Waals surface area contributed by atoms with Gasteiger partial charge in [0.15, 0.2) is 17.3 Å². The van der Waals surface area contributed by atoms with E-state index < -0.39 is 23.5 Å². The fourth-order valence-corrected chi connectivity index (χ4v) is 5.32. The van der Waals surface area contributed by atoms with E-state index >= 15 is 0 Å². The normalized spacial score (nSPS) is 15.4. The summed E-state index contributed by atoms with van der Waals surface area (Å²) in [6.45, 7) is 8.79. The first kappa shape index (κ1) is 26.4. The summed E-state index contributed by atoms with van der Waals surface area (Å²) in [6, 6.07) is 14.1. The molecule has 2 heterocycles. The smallest absolute Gasteiger partial charge is 0.290 e. The number of carbonyl (C=O) groups excluding carboxylic acids is 2. The molecule has 0 bridgehead atoms. The number of hydrogen-bond acceptors (Lipinski definition) is 7. The molecule has 1 aliphatic heterocycles. The lowest BCUT2D eigenvalue weighted by Gasteiger charge is -2.27. The molecule has 37 heavy (non-hydrogen) atoms. The van der Waals surface area contributed by atoms with Gasteiger partial charge in [0.1, 0.15) is 0 Å². The van der Waals surface area contributed by atoms with Crippen LogP contribution in [-0.4, -0.2) is 39.9 Å². The second-order valence-corrected chi connectivity index (χ2v) is 10.1. The van der Waals surface area contributed by atoms with E-state index in [1.807, 2.05) is 50.2 Å². The summed E-state index contributed by atoms with van der Waals surface area (Å²) in [7, 11) is 0. The second kappa shape index (κ2) is 11.6. The lowest BCUT2D eigenvalue weighted by Crippen LogP contribution is -2.30. The van der Waals surface area contributed by atoms with Crippen LogP contribution in [0.2, 0.25) is 0 Å². The van der Waals surface area contributed by atoms with Crippen LogP contribution in [0.1, 0.15) is 64.2 Å². The Balaban J connectivity index is 1.80. The third kappa shape index (κ3) is 5.54. The third-order valence-electron chi connectivity index (χ3n) is 6.19. The maximum Gasteiger partial charge on any atom is 0.290 e. The van der Waals surface area contributed by atoms with Gasteiger partial charge in [-0.3, -0.25) is 9.59 Å². The zero-order chi connectivity index (χ0) is 26.5. The van der Waals surface area contributed by atoms with Crippen molar-refractivity contribution in [3.63, 3.8) is 0 Å². The average Bonchev–Trinajstić information content (AvgIpc) is 3.35. The zero-order valence-corrected chi connectivity index (χ0v) is 22.4. The quantitative estimate of drug-likeness (QED) is 0.242. The van der Waals surface area contributed by atoms with Crippen LogP contribution in [0.25, 0.3) is 0 Å². The number of nitrogens with zero attached hydrogens (tertiary/aromatic N) is 2. The lowest BCUT2D eigenvalue weighted by molar-refractivity contribution is -0.130. The molecular formula is C29H32N2O5S. The molecule has 7 nitrogen and oxygen atoms in total. The number of Topliss-reactive ketones (excluding diaryl/α,β-unsaturated/α-hetero) is 1. The standard InChI is InChI=1S/C29H32N2O5S/c1-5-7-15-36-22-14-13-21(16-23(22)35-6-2)25-24(26(32)28-18(3)30-19(4)37-28)27(33)29(34)31(25)17-20-11-9-8-10-12-20/h8-14,16,25,33H,5-7,15,17H2,1-4H3. The molecule has 194 valence electrons.